The van der Waals surface area contributed by atoms with Crippen LogP contribution in [0.3, 0.4) is 0 Å². The molecule has 1 heterocycles. The van der Waals surface area contributed by atoms with Crippen LogP contribution in [0.1, 0.15) is 16.1 Å². The van der Waals surface area contributed by atoms with E-state index in [4.69, 9.17) is 0 Å². The fraction of sp³-hybridized carbons (Fsp3) is 0.250. The van der Waals surface area contributed by atoms with Crippen LogP contribution in [0.4, 0.5) is 0 Å². The van der Waals surface area contributed by atoms with Gasteiger partial charge in [-0.2, -0.15) is 0 Å². The molecule has 0 N–H and O–H groups in total. The zero-order valence-corrected chi connectivity index (χ0v) is 8.38. The average molecular weight is 230 g/mol. The lowest BCUT2D eigenvalue weighted by molar-refractivity contribution is 0.0600. The van der Waals surface area contributed by atoms with Gasteiger partial charge in [-0.1, -0.05) is 0 Å². The maximum absolute atomic E-state index is 11.0. The van der Waals surface area contributed by atoms with Crippen molar-refractivity contribution in [1.82, 2.24) is 4.98 Å². The second-order valence-electron chi connectivity index (χ2n) is 2.28. The van der Waals surface area contributed by atoms with Gasteiger partial charge in [0.1, 0.15) is 0 Å². The van der Waals surface area contributed by atoms with Gasteiger partial charge in [0.15, 0.2) is 0 Å². The van der Waals surface area contributed by atoms with Crippen LogP contribution in [0.25, 0.3) is 0 Å². The van der Waals surface area contributed by atoms with Gasteiger partial charge in [-0.25, -0.2) is 4.79 Å². The molecule has 0 saturated carbocycles. The molecule has 0 aliphatic heterocycles. The van der Waals surface area contributed by atoms with Crippen molar-refractivity contribution in [1.29, 1.82) is 0 Å². The summed E-state index contributed by atoms with van der Waals surface area (Å²) in [7, 11) is 1.34. The van der Waals surface area contributed by atoms with Crippen molar-refractivity contribution in [2.24, 2.45) is 0 Å². The first-order valence-corrected chi connectivity index (χ1v) is 4.15. The molecular formula is C8H8BrNO2. The first-order chi connectivity index (χ1) is 5.65. The summed E-state index contributed by atoms with van der Waals surface area (Å²) in [6.45, 7) is 1.85. The number of nitrogens with zero attached hydrogens (tertiary/aromatic N) is 1. The molecule has 3 nitrogen and oxygen atoms in total. The Hall–Kier alpha value is -0.900. The van der Waals surface area contributed by atoms with E-state index in [1.807, 2.05) is 6.92 Å². The predicted octanol–water partition coefficient (Wildman–Crippen LogP) is 1.94. The highest BCUT2D eigenvalue weighted by molar-refractivity contribution is 9.10. The summed E-state index contributed by atoms with van der Waals surface area (Å²) in [5.41, 5.74) is 1.30. The Morgan fingerprint density at radius 2 is 2.33 bits per heavy atom. The van der Waals surface area contributed by atoms with Crippen molar-refractivity contribution in [3.05, 3.63) is 28.0 Å². The highest BCUT2D eigenvalue weighted by Crippen LogP contribution is 2.15. The van der Waals surface area contributed by atoms with Gasteiger partial charge in [0, 0.05) is 10.7 Å². The fourth-order valence-electron chi connectivity index (χ4n) is 0.736. The van der Waals surface area contributed by atoms with E-state index in [1.165, 1.54) is 13.3 Å². The number of carbonyl (C=O) groups is 1. The third-order valence-corrected chi connectivity index (χ3v) is 2.25. The quantitative estimate of drug-likeness (QED) is 0.692. The molecular weight excluding hydrogens is 222 g/mol. The van der Waals surface area contributed by atoms with Crippen molar-refractivity contribution in [2.75, 3.05) is 7.11 Å². The second-order valence-corrected chi connectivity index (χ2v) is 3.14. The van der Waals surface area contributed by atoms with Crippen LogP contribution < -0.4 is 0 Å². The van der Waals surface area contributed by atoms with E-state index in [1.54, 1.807) is 6.07 Å². The van der Waals surface area contributed by atoms with Crippen LogP contribution in [0.2, 0.25) is 0 Å². The SMILES string of the molecule is COC(=O)c1cnc(C)c(Br)c1. The maximum Gasteiger partial charge on any atom is 0.339 e. The lowest BCUT2D eigenvalue weighted by Crippen LogP contribution is -2.02. The van der Waals surface area contributed by atoms with Crippen molar-refractivity contribution in [3.63, 3.8) is 0 Å². The molecule has 0 atom stereocenters. The Morgan fingerprint density at radius 3 is 2.83 bits per heavy atom. The van der Waals surface area contributed by atoms with Crippen LogP contribution in [0.15, 0.2) is 16.7 Å². The Labute approximate surface area is 78.9 Å². The zero-order chi connectivity index (χ0) is 9.14. The molecule has 0 aromatic carbocycles. The van der Waals surface area contributed by atoms with Crippen LogP contribution in [-0.2, 0) is 4.74 Å². The molecule has 1 aromatic rings. The third-order valence-electron chi connectivity index (χ3n) is 1.45. The van der Waals surface area contributed by atoms with Gasteiger partial charge in [0.2, 0.25) is 0 Å². The Morgan fingerprint density at radius 1 is 1.67 bits per heavy atom. The number of aromatic nitrogens is 1. The molecule has 12 heavy (non-hydrogen) atoms. The molecule has 0 fully saturated rings. The number of pyridine rings is 1. The number of rotatable bonds is 1. The molecule has 1 rings (SSSR count). The highest BCUT2D eigenvalue weighted by atomic mass is 79.9. The summed E-state index contributed by atoms with van der Waals surface area (Å²) in [6, 6.07) is 1.69. The molecule has 0 unspecified atom stereocenters. The monoisotopic (exact) mass is 229 g/mol. The predicted molar refractivity (Wildman–Crippen MR) is 48.0 cm³/mol. The first kappa shape index (κ1) is 9.19. The second kappa shape index (κ2) is 3.67. The summed E-state index contributed by atoms with van der Waals surface area (Å²) in [6.07, 6.45) is 1.49. The smallest absolute Gasteiger partial charge is 0.339 e. The molecule has 64 valence electrons. The van der Waals surface area contributed by atoms with E-state index < -0.39 is 0 Å². The van der Waals surface area contributed by atoms with E-state index in [-0.39, 0.29) is 5.97 Å². The van der Waals surface area contributed by atoms with Crippen molar-refractivity contribution in [3.8, 4) is 0 Å². The minimum atomic E-state index is -0.372. The number of esters is 1. The number of methoxy groups -OCH3 is 1. The maximum atomic E-state index is 11.0. The molecule has 0 radical (unpaired) electrons. The number of carbonyl (C=O) groups excluding carboxylic acids is 1. The van der Waals surface area contributed by atoms with E-state index >= 15 is 0 Å². The van der Waals surface area contributed by atoms with Gasteiger partial charge in [0.25, 0.3) is 0 Å². The molecule has 0 bridgehead atoms. The standard InChI is InChI=1S/C8H8BrNO2/c1-5-7(9)3-6(4-10-5)8(11)12-2/h3-4H,1-2H3. The van der Waals surface area contributed by atoms with Gasteiger partial charge in [0.05, 0.1) is 18.4 Å². The van der Waals surface area contributed by atoms with Gasteiger partial charge in [-0.15, -0.1) is 0 Å². The van der Waals surface area contributed by atoms with E-state index in [2.05, 4.69) is 25.7 Å². The van der Waals surface area contributed by atoms with Crippen LogP contribution in [0.5, 0.6) is 0 Å². The summed E-state index contributed by atoms with van der Waals surface area (Å²) >= 11 is 3.27. The molecule has 4 heteroatoms. The largest absolute Gasteiger partial charge is 0.465 e. The highest BCUT2D eigenvalue weighted by Gasteiger charge is 2.06. The van der Waals surface area contributed by atoms with E-state index in [9.17, 15) is 4.79 Å². The number of hydrogen-bond donors (Lipinski definition) is 0. The summed E-state index contributed by atoms with van der Waals surface area (Å²) in [5, 5.41) is 0. The number of ether oxygens (including phenoxy) is 1. The summed E-state index contributed by atoms with van der Waals surface area (Å²) < 4.78 is 5.34. The van der Waals surface area contributed by atoms with Crippen molar-refractivity contribution < 1.29 is 9.53 Å². The van der Waals surface area contributed by atoms with Crippen LogP contribution in [0, 0.1) is 6.92 Å². The Kier molecular flexibility index (Phi) is 2.81. The van der Waals surface area contributed by atoms with Crippen molar-refractivity contribution in [2.45, 2.75) is 6.92 Å². The fourth-order valence-corrected chi connectivity index (χ4v) is 1.08. The zero-order valence-electron chi connectivity index (χ0n) is 6.80. The Bertz CT molecular complexity index is 312. The summed E-state index contributed by atoms with van der Waals surface area (Å²) in [4.78, 5) is 15.0. The number of aryl methyl sites for hydroxylation is 1. The van der Waals surface area contributed by atoms with Gasteiger partial charge in [-0.3, -0.25) is 4.98 Å². The molecule has 0 amide bonds. The lowest BCUT2D eigenvalue weighted by atomic mass is 10.2. The van der Waals surface area contributed by atoms with Crippen LogP contribution >= 0.6 is 15.9 Å². The average Bonchev–Trinajstić information content (AvgIpc) is 2.08. The minimum absolute atomic E-state index is 0.372. The molecule has 0 spiro atoms. The number of hydrogen-bond acceptors (Lipinski definition) is 3. The first-order valence-electron chi connectivity index (χ1n) is 3.35. The van der Waals surface area contributed by atoms with Crippen molar-refractivity contribution >= 4 is 21.9 Å². The Balaban J connectivity index is 3.05. The normalized spacial score (nSPS) is 9.58. The molecule has 0 saturated heterocycles. The van der Waals surface area contributed by atoms with E-state index in [0.717, 1.165) is 10.2 Å². The molecule has 1 aromatic heterocycles. The number of halogens is 1. The molecule has 0 aliphatic carbocycles. The lowest BCUT2D eigenvalue weighted by Gasteiger charge is -2.00. The van der Waals surface area contributed by atoms with Crippen LogP contribution in [-0.4, -0.2) is 18.1 Å². The van der Waals surface area contributed by atoms with E-state index in [0.29, 0.717) is 5.56 Å². The van der Waals surface area contributed by atoms with Gasteiger partial charge < -0.3 is 4.74 Å². The topological polar surface area (TPSA) is 39.2 Å². The van der Waals surface area contributed by atoms with Gasteiger partial charge >= 0.3 is 5.97 Å². The molecule has 0 aliphatic rings. The summed E-state index contributed by atoms with van der Waals surface area (Å²) in [5.74, 6) is -0.372. The van der Waals surface area contributed by atoms with Gasteiger partial charge in [-0.05, 0) is 28.9 Å². The minimum Gasteiger partial charge on any atom is -0.465 e. The third kappa shape index (κ3) is 1.82.